The van der Waals surface area contributed by atoms with Gasteiger partial charge in [0.2, 0.25) is 15.9 Å². The van der Waals surface area contributed by atoms with Gasteiger partial charge in [-0.25, -0.2) is 8.42 Å². The van der Waals surface area contributed by atoms with Crippen LogP contribution in [0.5, 0.6) is 11.5 Å². The zero-order valence-electron chi connectivity index (χ0n) is 22.3. The molecule has 0 saturated heterocycles. The normalized spacial score (nSPS) is 14.9. The molecule has 39 heavy (non-hydrogen) atoms. The number of sulfonamides is 1. The maximum absolute atomic E-state index is 13.6. The van der Waals surface area contributed by atoms with E-state index in [9.17, 15) is 18.0 Å². The standard InChI is InChI=1S/C29H33N3O6S/c1-4-31(39(35,36)27-18-21(2)14-15-25(27)37-3)20-28(33)32-19-26(38-24-13-9-8-12-23(24)32)29(34)30-17-16-22-10-6-5-7-11-22/h5-15,18,26H,4,16-17,19-20H2,1-3H3,(H,30,34)/t26-/m0/s1. The number of anilines is 1. The molecule has 2 amide bonds. The Labute approximate surface area is 229 Å². The molecule has 0 spiro atoms. The number of para-hydroxylation sites is 2. The maximum atomic E-state index is 13.6. The first-order chi connectivity index (χ1) is 18.7. The predicted molar refractivity (Wildman–Crippen MR) is 149 cm³/mol. The molecule has 4 rings (SSSR count). The van der Waals surface area contributed by atoms with Crippen LogP contribution in [-0.2, 0) is 26.0 Å². The Kier molecular flexibility index (Phi) is 8.88. The van der Waals surface area contributed by atoms with E-state index in [1.807, 2.05) is 30.3 Å². The van der Waals surface area contributed by atoms with Crippen LogP contribution in [0.25, 0.3) is 0 Å². The number of nitrogens with zero attached hydrogens (tertiary/aromatic N) is 2. The summed E-state index contributed by atoms with van der Waals surface area (Å²) in [6.07, 6.45) is -0.284. The van der Waals surface area contributed by atoms with Gasteiger partial charge < -0.3 is 19.7 Å². The smallest absolute Gasteiger partial charge is 0.262 e. The number of nitrogens with one attached hydrogen (secondary N) is 1. The van der Waals surface area contributed by atoms with Crippen molar-refractivity contribution in [3.05, 3.63) is 83.9 Å². The molecule has 1 atom stereocenters. The van der Waals surface area contributed by atoms with Gasteiger partial charge in [0.1, 0.15) is 16.4 Å². The van der Waals surface area contributed by atoms with Crippen molar-refractivity contribution in [1.82, 2.24) is 9.62 Å². The van der Waals surface area contributed by atoms with Crippen LogP contribution in [0.4, 0.5) is 5.69 Å². The number of hydrogen-bond acceptors (Lipinski definition) is 6. The fraction of sp³-hybridized carbons (Fsp3) is 0.310. The van der Waals surface area contributed by atoms with E-state index >= 15 is 0 Å². The van der Waals surface area contributed by atoms with E-state index < -0.39 is 28.6 Å². The second-order valence-electron chi connectivity index (χ2n) is 9.19. The molecular formula is C29H33N3O6S. The lowest BCUT2D eigenvalue weighted by Crippen LogP contribution is -2.53. The van der Waals surface area contributed by atoms with E-state index in [1.54, 1.807) is 50.2 Å². The van der Waals surface area contributed by atoms with Gasteiger partial charge >= 0.3 is 0 Å². The number of methoxy groups -OCH3 is 1. The second kappa shape index (κ2) is 12.3. The molecule has 0 aliphatic carbocycles. The van der Waals surface area contributed by atoms with Crippen molar-refractivity contribution in [2.24, 2.45) is 0 Å². The minimum absolute atomic E-state index is 0.00213. The Balaban J connectivity index is 1.51. The van der Waals surface area contributed by atoms with Crippen LogP contribution in [0.3, 0.4) is 0 Å². The van der Waals surface area contributed by atoms with Gasteiger partial charge in [-0.1, -0.05) is 55.5 Å². The third kappa shape index (κ3) is 6.40. The first kappa shape index (κ1) is 28.1. The highest BCUT2D eigenvalue weighted by atomic mass is 32.2. The van der Waals surface area contributed by atoms with Crippen LogP contribution in [-0.4, -0.2) is 63.9 Å². The monoisotopic (exact) mass is 551 g/mol. The largest absolute Gasteiger partial charge is 0.495 e. The molecule has 0 fully saturated rings. The number of carbonyl (C=O) groups excluding carboxylic acids is 2. The third-order valence-corrected chi connectivity index (χ3v) is 8.47. The number of rotatable bonds is 10. The molecule has 206 valence electrons. The Hall–Kier alpha value is -3.89. The lowest BCUT2D eigenvalue weighted by Gasteiger charge is -2.35. The SMILES string of the molecule is CCN(CC(=O)N1C[C@@H](C(=O)NCCc2ccccc2)Oc2ccccc21)S(=O)(=O)c1cc(C)ccc1OC. The summed E-state index contributed by atoms with van der Waals surface area (Å²) >= 11 is 0. The molecule has 0 aromatic heterocycles. The van der Waals surface area contributed by atoms with Crippen molar-refractivity contribution < 1.29 is 27.5 Å². The lowest BCUT2D eigenvalue weighted by molar-refractivity contribution is -0.128. The molecule has 9 nitrogen and oxygen atoms in total. The minimum Gasteiger partial charge on any atom is -0.495 e. The number of hydrogen-bond donors (Lipinski definition) is 1. The summed E-state index contributed by atoms with van der Waals surface area (Å²) in [6, 6.07) is 21.6. The van der Waals surface area contributed by atoms with Gasteiger partial charge in [0, 0.05) is 13.1 Å². The van der Waals surface area contributed by atoms with E-state index in [0.717, 1.165) is 15.4 Å². The van der Waals surface area contributed by atoms with Crippen molar-refractivity contribution in [2.75, 3.05) is 38.2 Å². The molecule has 0 radical (unpaired) electrons. The van der Waals surface area contributed by atoms with Gasteiger partial charge in [-0.15, -0.1) is 0 Å². The van der Waals surface area contributed by atoms with Crippen molar-refractivity contribution in [1.29, 1.82) is 0 Å². The number of fused-ring (bicyclic) bond motifs is 1. The summed E-state index contributed by atoms with van der Waals surface area (Å²) in [5.41, 5.74) is 2.33. The number of carbonyl (C=O) groups is 2. The summed E-state index contributed by atoms with van der Waals surface area (Å²) in [7, 11) is -2.64. The van der Waals surface area contributed by atoms with Crippen molar-refractivity contribution in [2.45, 2.75) is 31.3 Å². The van der Waals surface area contributed by atoms with Crippen LogP contribution in [0, 0.1) is 6.92 Å². The number of benzene rings is 3. The van der Waals surface area contributed by atoms with E-state index in [4.69, 9.17) is 9.47 Å². The number of aryl methyl sites for hydroxylation is 1. The van der Waals surface area contributed by atoms with Gasteiger partial charge in [-0.05, 0) is 48.7 Å². The minimum atomic E-state index is -4.05. The second-order valence-corrected chi connectivity index (χ2v) is 11.1. The van der Waals surface area contributed by atoms with E-state index in [-0.39, 0.29) is 29.6 Å². The van der Waals surface area contributed by atoms with Crippen molar-refractivity contribution in [3.8, 4) is 11.5 Å². The van der Waals surface area contributed by atoms with Gasteiger partial charge in [-0.3, -0.25) is 9.59 Å². The molecule has 3 aromatic carbocycles. The Morgan fingerprint density at radius 1 is 1.08 bits per heavy atom. The quantitative estimate of drug-likeness (QED) is 0.415. The Morgan fingerprint density at radius 2 is 1.79 bits per heavy atom. The molecule has 0 saturated carbocycles. The van der Waals surface area contributed by atoms with Gasteiger partial charge in [0.05, 0.1) is 25.9 Å². The van der Waals surface area contributed by atoms with Gasteiger partial charge in [0.25, 0.3) is 5.91 Å². The Morgan fingerprint density at radius 3 is 2.51 bits per heavy atom. The molecule has 0 unspecified atom stereocenters. The molecule has 0 bridgehead atoms. The third-order valence-electron chi connectivity index (χ3n) is 6.52. The topological polar surface area (TPSA) is 105 Å². The van der Waals surface area contributed by atoms with Crippen molar-refractivity contribution in [3.63, 3.8) is 0 Å². The zero-order valence-corrected chi connectivity index (χ0v) is 23.1. The zero-order chi connectivity index (χ0) is 28.0. The molecular weight excluding hydrogens is 518 g/mol. The highest BCUT2D eigenvalue weighted by Gasteiger charge is 2.36. The van der Waals surface area contributed by atoms with Crippen LogP contribution in [0.15, 0.2) is 77.7 Å². The lowest BCUT2D eigenvalue weighted by atomic mass is 10.1. The number of likely N-dealkylation sites (N-methyl/N-ethyl adjacent to an activating group) is 1. The molecule has 3 aromatic rings. The van der Waals surface area contributed by atoms with E-state index in [1.165, 1.54) is 18.1 Å². The fourth-order valence-electron chi connectivity index (χ4n) is 4.42. The summed E-state index contributed by atoms with van der Waals surface area (Å²) in [5, 5.41) is 2.88. The number of amides is 2. The van der Waals surface area contributed by atoms with Crippen LogP contribution >= 0.6 is 0 Å². The van der Waals surface area contributed by atoms with Crippen LogP contribution < -0.4 is 19.7 Å². The maximum Gasteiger partial charge on any atom is 0.262 e. The van der Waals surface area contributed by atoms with Gasteiger partial charge in [0.15, 0.2) is 6.10 Å². The average molecular weight is 552 g/mol. The molecule has 1 N–H and O–H groups in total. The highest BCUT2D eigenvalue weighted by molar-refractivity contribution is 7.89. The average Bonchev–Trinajstić information content (AvgIpc) is 2.95. The summed E-state index contributed by atoms with van der Waals surface area (Å²) < 4.78 is 39.4. The first-order valence-electron chi connectivity index (χ1n) is 12.8. The van der Waals surface area contributed by atoms with E-state index in [2.05, 4.69) is 5.32 Å². The summed E-state index contributed by atoms with van der Waals surface area (Å²) in [5.74, 6) is -0.227. The highest BCUT2D eigenvalue weighted by Crippen LogP contribution is 2.34. The summed E-state index contributed by atoms with van der Waals surface area (Å²) in [6.45, 7) is 3.49. The fourth-order valence-corrected chi connectivity index (χ4v) is 6.06. The summed E-state index contributed by atoms with van der Waals surface area (Å²) in [4.78, 5) is 28.0. The molecule has 1 aliphatic heterocycles. The number of ether oxygens (including phenoxy) is 2. The molecule has 10 heteroatoms. The van der Waals surface area contributed by atoms with Gasteiger partial charge in [-0.2, -0.15) is 4.31 Å². The Bertz CT molecular complexity index is 1430. The van der Waals surface area contributed by atoms with Crippen LogP contribution in [0.1, 0.15) is 18.1 Å². The predicted octanol–water partition coefficient (Wildman–Crippen LogP) is 3.17. The van der Waals surface area contributed by atoms with Crippen LogP contribution in [0.2, 0.25) is 0 Å². The van der Waals surface area contributed by atoms with Crippen molar-refractivity contribution >= 4 is 27.5 Å². The first-order valence-corrected chi connectivity index (χ1v) is 14.2. The van der Waals surface area contributed by atoms with E-state index in [0.29, 0.717) is 24.4 Å². The molecule has 1 aliphatic rings. The molecule has 1 heterocycles.